The van der Waals surface area contributed by atoms with Crippen molar-refractivity contribution in [3.05, 3.63) is 34.9 Å². The highest BCUT2D eigenvalue weighted by Crippen LogP contribution is 2.25. The number of nitrogens with zero attached hydrogens (tertiary/aromatic N) is 4. The topological polar surface area (TPSA) is 78.6 Å². The molecule has 2 aromatic heterocycles. The molecular formula is C13H11ClN4O3. The zero-order valence-electron chi connectivity index (χ0n) is 11.1. The first kappa shape index (κ1) is 13.7. The normalized spacial score (nSPS) is 11.1. The Balaban J connectivity index is 2.13. The molecule has 0 aliphatic carbocycles. The fourth-order valence-corrected chi connectivity index (χ4v) is 2.31. The van der Waals surface area contributed by atoms with Gasteiger partial charge >= 0.3 is 5.97 Å². The first-order valence-electron chi connectivity index (χ1n) is 6.18. The van der Waals surface area contributed by atoms with Gasteiger partial charge < -0.3 is 9.47 Å². The summed E-state index contributed by atoms with van der Waals surface area (Å²) in [6.07, 6.45) is 0. The van der Waals surface area contributed by atoms with E-state index in [4.69, 9.17) is 21.1 Å². The molecule has 0 saturated heterocycles. The van der Waals surface area contributed by atoms with E-state index in [0.717, 1.165) is 5.39 Å². The summed E-state index contributed by atoms with van der Waals surface area (Å²) in [4.78, 5) is 12.1. The van der Waals surface area contributed by atoms with Crippen molar-refractivity contribution in [1.82, 2.24) is 20.0 Å². The first-order valence-corrected chi connectivity index (χ1v) is 6.55. The Morgan fingerprint density at radius 1 is 1.38 bits per heavy atom. The van der Waals surface area contributed by atoms with Crippen molar-refractivity contribution in [3.8, 4) is 0 Å². The predicted molar refractivity (Wildman–Crippen MR) is 75.5 cm³/mol. The quantitative estimate of drug-likeness (QED) is 0.539. The molecule has 3 aromatic rings. The number of hydrogen-bond acceptors (Lipinski definition) is 6. The summed E-state index contributed by atoms with van der Waals surface area (Å²) in [6, 6.07) is 7.03. The Bertz CT molecular complexity index is 818. The lowest BCUT2D eigenvalue weighted by atomic mass is 10.1. The van der Waals surface area contributed by atoms with Crippen LogP contribution in [0, 0.1) is 0 Å². The molecule has 7 nitrogen and oxygen atoms in total. The molecule has 0 amide bonds. The molecule has 3 rings (SSSR count). The molecular weight excluding hydrogens is 296 g/mol. The van der Waals surface area contributed by atoms with Crippen LogP contribution in [0.4, 0.5) is 0 Å². The van der Waals surface area contributed by atoms with Gasteiger partial charge in [-0.1, -0.05) is 23.7 Å². The molecule has 0 N–H and O–H groups in total. The smallest absolute Gasteiger partial charge is 0.342 e. The third-order valence-electron chi connectivity index (χ3n) is 2.98. The van der Waals surface area contributed by atoms with E-state index in [0.29, 0.717) is 22.8 Å². The van der Waals surface area contributed by atoms with Crippen molar-refractivity contribution >= 4 is 34.1 Å². The van der Waals surface area contributed by atoms with Gasteiger partial charge in [-0.3, -0.25) is 0 Å². The van der Waals surface area contributed by atoms with Gasteiger partial charge in [-0.2, -0.15) is 4.52 Å². The molecule has 0 spiro atoms. The van der Waals surface area contributed by atoms with Crippen molar-refractivity contribution in [2.24, 2.45) is 0 Å². The number of carbonyl (C=O) groups is 1. The van der Waals surface area contributed by atoms with Gasteiger partial charge in [0.1, 0.15) is 12.2 Å². The summed E-state index contributed by atoms with van der Waals surface area (Å²) in [5.41, 5.74) is 1.23. The van der Waals surface area contributed by atoms with E-state index < -0.39 is 5.97 Å². The maximum atomic E-state index is 12.1. The molecule has 0 fully saturated rings. The van der Waals surface area contributed by atoms with Crippen molar-refractivity contribution < 1.29 is 14.3 Å². The molecule has 0 aliphatic rings. The second-order valence-corrected chi connectivity index (χ2v) is 4.69. The average molecular weight is 307 g/mol. The lowest BCUT2D eigenvalue weighted by Gasteiger charge is -2.07. The van der Waals surface area contributed by atoms with Crippen LogP contribution in [-0.4, -0.2) is 46.3 Å². The second-order valence-electron chi connectivity index (χ2n) is 4.28. The highest BCUT2D eigenvalue weighted by molar-refractivity contribution is 6.35. The summed E-state index contributed by atoms with van der Waals surface area (Å²) < 4.78 is 11.4. The second kappa shape index (κ2) is 5.63. The van der Waals surface area contributed by atoms with Crippen molar-refractivity contribution in [3.63, 3.8) is 0 Å². The molecule has 0 atom stereocenters. The summed E-state index contributed by atoms with van der Waals surface area (Å²) in [6.45, 7) is 0.489. The average Bonchev–Trinajstić information content (AvgIpc) is 2.95. The van der Waals surface area contributed by atoms with Crippen LogP contribution < -0.4 is 0 Å². The first-order chi connectivity index (χ1) is 10.2. The predicted octanol–water partition coefficient (Wildman–Crippen LogP) is 1.73. The lowest BCUT2D eigenvalue weighted by Crippen LogP contribution is -2.12. The highest BCUT2D eigenvalue weighted by atomic mass is 35.5. The number of tetrazole rings is 1. The Morgan fingerprint density at radius 3 is 3.05 bits per heavy atom. The maximum Gasteiger partial charge on any atom is 0.342 e. The van der Waals surface area contributed by atoms with Crippen LogP contribution in [0.3, 0.4) is 0 Å². The molecule has 0 radical (unpaired) electrons. The summed E-state index contributed by atoms with van der Waals surface area (Å²) in [5, 5.41) is 12.6. The number of pyridine rings is 1. The standard InChI is InChI=1S/C13H11ClN4O3/c1-20-5-6-21-13(19)9-7-8-3-2-4-10(14)11(8)18-12(9)15-16-17-18/h2-4,7H,5-6H2,1H3. The number of fused-ring (bicyclic) bond motifs is 3. The van der Waals surface area contributed by atoms with Crippen molar-refractivity contribution in [2.45, 2.75) is 0 Å². The van der Waals surface area contributed by atoms with Gasteiger partial charge in [0.25, 0.3) is 0 Å². The lowest BCUT2D eigenvalue weighted by molar-refractivity contribution is 0.0389. The molecule has 8 heteroatoms. The summed E-state index contributed by atoms with van der Waals surface area (Å²) in [7, 11) is 1.53. The zero-order chi connectivity index (χ0) is 14.8. The molecule has 2 heterocycles. The molecule has 21 heavy (non-hydrogen) atoms. The number of aromatic nitrogens is 4. The molecule has 0 saturated carbocycles. The number of rotatable bonds is 4. The fraction of sp³-hybridized carbons (Fsp3) is 0.231. The van der Waals surface area contributed by atoms with Gasteiger partial charge in [0.2, 0.25) is 0 Å². The number of benzene rings is 1. The van der Waals surface area contributed by atoms with E-state index in [1.165, 1.54) is 11.6 Å². The van der Waals surface area contributed by atoms with Crippen LogP contribution in [-0.2, 0) is 9.47 Å². The maximum absolute atomic E-state index is 12.1. The van der Waals surface area contributed by atoms with Gasteiger partial charge in [-0.25, -0.2) is 4.79 Å². The number of methoxy groups -OCH3 is 1. The van der Waals surface area contributed by atoms with E-state index in [-0.39, 0.29) is 12.2 Å². The highest BCUT2D eigenvalue weighted by Gasteiger charge is 2.18. The van der Waals surface area contributed by atoms with Crippen LogP contribution in [0.5, 0.6) is 0 Å². The third-order valence-corrected chi connectivity index (χ3v) is 3.29. The molecule has 0 aliphatic heterocycles. The van der Waals surface area contributed by atoms with Crippen LogP contribution in [0.2, 0.25) is 5.02 Å². The Labute approximate surface area is 124 Å². The fourth-order valence-electron chi connectivity index (χ4n) is 2.04. The number of hydrogen-bond donors (Lipinski definition) is 0. The monoisotopic (exact) mass is 306 g/mol. The van der Waals surface area contributed by atoms with Crippen LogP contribution in [0.25, 0.3) is 16.6 Å². The van der Waals surface area contributed by atoms with Crippen LogP contribution in [0.1, 0.15) is 10.4 Å². The van der Waals surface area contributed by atoms with Gasteiger partial charge in [-0.15, -0.1) is 5.10 Å². The largest absolute Gasteiger partial charge is 0.460 e. The summed E-state index contributed by atoms with van der Waals surface area (Å²) in [5.74, 6) is -0.506. The van der Waals surface area contributed by atoms with Gasteiger partial charge in [0, 0.05) is 12.5 Å². The molecule has 0 unspecified atom stereocenters. The molecule has 1 aromatic carbocycles. The van der Waals surface area contributed by atoms with Gasteiger partial charge in [0.15, 0.2) is 5.65 Å². The van der Waals surface area contributed by atoms with E-state index >= 15 is 0 Å². The van der Waals surface area contributed by atoms with E-state index in [9.17, 15) is 4.79 Å². The minimum absolute atomic E-state index is 0.163. The van der Waals surface area contributed by atoms with Crippen molar-refractivity contribution in [2.75, 3.05) is 20.3 Å². The number of carbonyl (C=O) groups excluding carboxylic acids is 1. The third kappa shape index (κ3) is 2.41. The Kier molecular flexibility index (Phi) is 3.68. The zero-order valence-corrected chi connectivity index (χ0v) is 11.9. The van der Waals surface area contributed by atoms with E-state index in [1.54, 1.807) is 18.2 Å². The molecule has 108 valence electrons. The Hall–Kier alpha value is -2.25. The SMILES string of the molecule is COCCOC(=O)c1cc2cccc(Cl)c2n2nnnc12. The Morgan fingerprint density at radius 2 is 2.24 bits per heavy atom. The van der Waals surface area contributed by atoms with Crippen molar-refractivity contribution in [1.29, 1.82) is 0 Å². The van der Waals surface area contributed by atoms with E-state index in [1.807, 2.05) is 6.07 Å². The van der Waals surface area contributed by atoms with E-state index in [2.05, 4.69) is 15.5 Å². The van der Waals surface area contributed by atoms with Gasteiger partial charge in [0.05, 0.1) is 17.1 Å². The van der Waals surface area contributed by atoms with Crippen LogP contribution in [0.15, 0.2) is 24.3 Å². The minimum Gasteiger partial charge on any atom is -0.460 e. The summed E-state index contributed by atoms with van der Waals surface area (Å²) >= 11 is 6.18. The molecule has 0 bridgehead atoms. The number of ether oxygens (including phenoxy) is 2. The minimum atomic E-state index is -0.506. The van der Waals surface area contributed by atoms with Crippen LogP contribution >= 0.6 is 11.6 Å². The number of esters is 1. The van der Waals surface area contributed by atoms with Gasteiger partial charge in [-0.05, 0) is 22.6 Å². The number of halogens is 1. The number of para-hydroxylation sites is 1.